The van der Waals surface area contributed by atoms with Crippen molar-refractivity contribution in [3.05, 3.63) is 11.5 Å². The summed E-state index contributed by atoms with van der Waals surface area (Å²) in [5.74, 6) is -5.59. The second kappa shape index (κ2) is 34.7. The molecule has 0 aromatic heterocycles. The largest absolute Gasteiger partial charge is 0.502 e. The van der Waals surface area contributed by atoms with Crippen LogP contribution in [0, 0.1) is 16.2 Å². The van der Waals surface area contributed by atoms with Gasteiger partial charge in [-0.3, -0.25) is 52.7 Å². The molecule has 18 N–H and O–H groups in total. The number of aliphatic hydroxyl groups is 1. The number of carbonyl (C=O) groups is 11. The molecule has 4 rings (SSSR count). The molecular weight excluding hydrogens is 977 g/mol. The van der Waals surface area contributed by atoms with Crippen molar-refractivity contribution in [2.45, 2.75) is 235 Å². The summed E-state index contributed by atoms with van der Waals surface area (Å²) >= 11 is 0. The quantitative estimate of drug-likeness (QED) is 0.0217. The summed E-state index contributed by atoms with van der Waals surface area (Å²) in [7, 11) is 0. The molecule has 75 heavy (non-hydrogen) atoms. The Morgan fingerprint density at radius 3 is 1.04 bits per heavy atom. The van der Waals surface area contributed by atoms with Crippen molar-refractivity contribution < 1.29 is 75.6 Å². The number of hydrogen-bond donors (Lipinski definition) is 9. The lowest BCUT2D eigenvalue weighted by Crippen LogP contribution is -2.50. The Morgan fingerprint density at radius 1 is 0.480 bits per heavy atom. The summed E-state index contributed by atoms with van der Waals surface area (Å²) in [5, 5.41) is 30.2. The van der Waals surface area contributed by atoms with Crippen molar-refractivity contribution in [1.29, 1.82) is 0 Å². The average Bonchev–Trinajstić information content (AvgIpc) is 4.05. The highest BCUT2D eigenvalue weighted by Crippen LogP contribution is 2.22. The van der Waals surface area contributed by atoms with Gasteiger partial charge < -0.3 is 64.1 Å². The molecule has 4 fully saturated rings. The Morgan fingerprint density at radius 2 is 0.773 bits per heavy atom. The number of carbonyl (C=O) groups excluding carboxylic acids is 11. The molecule has 4 aliphatic rings. The van der Waals surface area contributed by atoms with Crippen molar-refractivity contribution in [3.8, 4) is 0 Å². The van der Waals surface area contributed by atoms with Gasteiger partial charge in [0, 0.05) is 40.4 Å². The van der Waals surface area contributed by atoms with Crippen LogP contribution in [0.2, 0.25) is 0 Å². The number of hydrogen-bond acceptors (Lipinski definition) is 12. The van der Waals surface area contributed by atoms with Crippen LogP contribution in [0.15, 0.2) is 11.5 Å². The van der Waals surface area contributed by atoms with E-state index in [0.717, 1.165) is 70.6 Å². The maximum atomic E-state index is 12.2. The molecule has 432 valence electrons. The lowest BCUT2D eigenvalue weighted by molar-refractivity contribution is -0.141. The zero-order valence-electron chi connectivity index (χ0n) is 48.0. The van der Waals surface area contributed by atoms with Crippen molar-refractivity contribution in [2.24, 2.45) is 16.2 Å². The number of nitrogens with one attached hydrogen (secondary N) is 8. The Hall–Kier alpha value is -5.81. The highest BCUT2D eigenvalue weighted by molar-refractivity contribution is 6.39. The molecule has 0 aliphatic heterocycles. The molecule has 0 bridgehead atoms. The molecule has 0 aromatic carbocycles. The molecule has 4 saturated carbocycles. The van der Waals surface area contributed by atoms with Crippen LogP contribution in [0.4, 0.5) is 0 Å². The van der Waals surface area contributed by atoms with Gasteiger partial charge in [-0.05, 0) is 77.0 Å². The molecule has 4 aliphatic carbocycles. The first-order valence-corrected chi connectivity index (χ1v) is 25.7. The first kappa shape index (κ1) is 71.3. The van der Waals surface area contributed by atoms with E-state index < -0.39 is 81.2 Å². The number of allylic oxidation sites excluding steroid dienone is 1. The van der Waals surface area contributed by atoms with Crippen LogP contribution in [-0.2, 0) is 69.2 Å². The minimum absolute atomic E-state index is 0. The maximum Gasteiger partial charge on any atom is 0.289 e. The molecule has 0 spiro atoms. The van der Waals surface area contributed by atoms with E-state index in [1.807, 2.05) is 20.8 Å². The minimum Gasteiger partial charge on any atom is -0.502 e. The van der Waals surface area contributed by atoms with E-state index in [9.17, 15) is 57.8 Å². The fraction of sp³-hybridized carbons (Fsp3) is 0.750. The van der Waals surface area contributed by atoms with Crippen molar-refractivity contribution in [3.63, 3.8) is 0 Å². The van der Waals surface area contributed by atoms with Gasteiger partial charge in [-0.2, -0.15) is 0 Å². The zero-order chi connectivity index (χ0) is 56.1. The van der Waals surface area contributed by atoms with Crippen LogP contribution >= 0.6 is 0 Å². The lowest BCUT2D eigenvalue weighted by atomic mass is 9.94. The van der Waals surface area contributed by atoms with E-state index in [1.165, 1.54) is 0 Å². The van der Waals surface area contributed by atoms with Crippen LogP contribution in [0.3, 0.4) is 0 Å². The summed E-state index contributed by atoms with van der Waals surface area (Å²) in [5.41, 5.74) is -1.57. The van der Waals surface area contributed by atoms with Gasteiger partial charge in [0.1, 0.15) is 0 Å². The van der Waals surface area contributed by atoms with Crippen LogP contribution in [0.1, 0.15) is 194 Å². The van der Waals surface area contributed by atoms with Gasteiger partial charge in [-0.15, -0.1) is 0 Å². The molecule has 8 amide bonds. The summed E-state index contributed by atoms with van der Waals surface area (Å²) in [6.45, 7) is 23.3. The van der Waals surface area contributed by atoms with Gasteiger partial charge in [0.25, 0.3) is 23.6 Å². The third-order valence-corrected chi connectivity index (χ3v) is 11.0. The predicted molar refractivity (Wildman–Crippen MR) is 287 cm³/mol. The van der Waals surface area contributed by atoms with Crippen LogP contribution in [0.5, 0.6) is 0 Å². The van der Waals surface area contributed by atoms with E-state index in [-0.39, 0.29) is 70.3 Å². The standard InChI is InChI=1S/3C14H24N2O3.C10H16N2O3.3H2O/c3*1-5-6-10(16-13(19)14(2,3)4)11(17)12(18)15-9-7-8-9;1-2-3-8(11-6-13)9(14)10(15)12-7-4-5-7;;;/h3*9-10H,5-8H2,1-4H3,(H,15,18)(H,16,19);6-7,14H,2-5H2,1H3,(H,11,13)(H,12,15);3*1H2/p+3/b;;;9-8-;;;/t3*10-;;;;/m100..../s1/i;10D;;;;;. The van der Waals surface area contributed by atoms with E-state index in [0.29, 0.717) is 32.1 Å². The second-order valence-corrected chi connectivity index (χ2v) is 22.0. The summed E-state index contributed by atoms with van der Waals surface area (Å²) in [6.07, 6.45) is 12.2. The SMILES string of the molecule is CCC/C(NC=O)=C(/O)C(=O)NC1CC1.CCC[C@@H](NC(=O)C(C)(C)C)C(=O)C(=O)NC1CC1.CCC[C@H](NC(=O)C(C)(C)C)C(=O)C(=O)NC1CC1.[2H][C@@](CCC)(NC(=O)C(C)(C)C)C(=O)C(=O)NC1CC1.[OH3+].[OH3+].[OH3+]. The summed E-state index contributed by atoms with van der Waals surface area (Å²) in [6, 6.07) is -2.76. The molecule has 3 atom stereocenters. The van der Waals surface area contributed by atoms with E-state index in [4.69, 9.17) is 1.37 Å². The van der Waals surface area contributed by atoms with Gasteiger partial charge in [-0.25, -0.2) is 0 Å². The molecule has 0 unspecified atom stereocenters. The minimum atomic E-state index is -1.88. The Labute approximate surface area is 444 Å². The maximum absolute atomic E-state index is 12.2. The van der Waals surface area contributed by atoms with E-state index in [2.05, 4.69) is 42.5 Å². The Kier molecular flexibility index (Phi) is 33.0. The molecule has 23 nitrogen and oxygen atoms in total. The van der Waals surface area contributed by atoms with Gasteiger partial charge in [0.15, 0.2) is 0 Å². The molecule has 0 saturated heterocycles. The molecule has 0 heterocycles. The van der Waals surface area contributed by atoms with Crippen LogP contribution in [0.25, 0.3) is 0 Å². The first-order valence-electron chi connectivity index (χ1n) is 26.2. The van der Waals surface area contributed by atoms with Crippen LogP contribution < -0.4 is 42.5 Å². The lowest BCUT2D eigenvalue weighted by Gasteiger charge is -2.23. The Bertz CT molecular complexity index is 1930. The monoisotopic (exact) mass is 1070 g/mol. The number of amides is 8. The number of ketones is 3. The highest BCUT2D eigenvalue weighted by atomic mass is 16.3. The van der Waals surface area contributed by atoms with Gasteiger partial charge in [-0.1, -0.05) is 116 Å². The van der Waals surface area contributed by atoms with E-state index in [1.54, 1.807) is 69.2 Å². The number of aliphatic hydroxyl groups excluding tert-OH is 1. The molecule has 23 heteroatoms. The third-order valence-electron chi connectivity index (χ3n) is 11.0. The topological polar surface area (TPSA) is 403 Å². The highest BCUT2D eigenvalue weighted by Gasteiger charge is 2.36. The van der Waals surface area contributed by atoms with Crippen LogP contribution in [-0.4, -0.2) is 112 Å². The van der Waals surface area contributed by atoms with Crippen molar-refractivity contribution in [1.82, 2.24) is 42.5 Å². The fourth-order valence-electron chi connectivity index (χ4n) is 5.77. The average molecular weight is 1080 g/mol. The fourth-order valence-corrected chi connectivity index (χ4v) is 5.77. The van der Waals surface area contributed by atoms with Crippen molar-refractivity contribution >= 4 is 65.1 Å². The molecule has 0 aromatic rings. The normalized spacial score (nSPS) is 16.6. The number of Topliss-reactive ketones (excluding diaryl/α,β-unsaturated/α-hetero) is 3. The van der Waals surface area contributed by atoms with E-state index >= 15 is 0 Å². The summed E-state index contributed by atoms with van der Waals surface area (Å²) in [4.78, 5) is 129. The zero-order valence-corrected chi connectivity index (χ0v) is 47.0. The molecule has 0 radical (unpaired) electrons. The third kappa shape index (κ3) is 30.4. The van der Waals surface area contributed by atoms with Gasteiger partial charge in [0.2, 0.25) is 47.2 Å². The smallest absolute Gasteiger partial charge is 0.289 e. The van der Waals surface area contributed by atoms with Gasteiger partial charge >= 0.3 is 0 Å². The first-order chi connectivity index (χ1) is 33.8. The van der Waals surface area contributed by atoms with Gasteiger partial charge in [0.05, 0.1) is 25.2 Å². The summed E-state index contributed by atoms with van der Waals surface area (Å²) < 4.78 is 8.19. The molecular formula is C52H97N8O15+3. The van der Waals surface area contributed by atoms with Crippen molar-refractivity contribution in [2.75, 3.05) is 0 Å². The Balaban J connectivity index is -0.000000927. The second-order valence-electron chi connectivity index (χ2n) is 22.0. The predicted octanol–water partition coefficient (Wildman–Crippen LogP) is 1.31. The number of rotatable bonds is 24.